The van der Waals surface area contributed by atoms with Gasteiger partial charge in [0.25, 0.3) is 0 Å². The topological polar surface area (TPSA) is 61.8 Å². The molecule has 0 saturated carbocycles. The molecule has 386 valence electrons. The number of hydrogen-bond donors (Lipinski definition) is 0. The van der Waals surface area contributed by atoms with E-state index in [0.717, 1.165) is 135 Å². The van der Waals surface area contributed by atoms with Crippen molar-refractivity contribution in [3.8, 4) is 0 Å². The molecule has 68 heavy (non-hydrogen) atoms. The van der Waals surface area contributed by atoms with Gasteiger partial charge < -0.3 is 14.2 Å². The molecule has 0 rings (SSSR count). The van der Waals surface area contributed by atoms with Crippen molar-refractivity contribution in [2.45, 2.75) is 245 Å². The maximum absolute atomic E-state index is 12.9. The molecule has 0 fully saturated rings. The van der Waals surface area contributed by atoms with Gasteiger partial charge in [-0.1, -0.05) is 219 Å². The number of rotatable bonds is 50. The lowest BCUT2D eigenvalue weighted by atomic mass is 10.1. The lowest BCUT2D eigenvalue weighted by Crippen LogP contribution is -2.30. The largest absolute Gasteiger partial charge is 0.462 e. The summed E-state index contributed by atoms with van der Waals surface area (Å²) in [6, 6.07) is 0. The Labute approximate surface area is 420 Å². The molecule has 1 atom stereocenters. The van der Waals surface area contributed by atoms with Gasteiger partial charge >= 0.3 is 11.9 Å². The van der Waals surface area contributed by atoms with Crippen LogP contribution in [0.15, 0.2) is 122 Å². The molecule has 0 saturated heterocycles. The van der Waals surface area contributed by atoms with E-state index in [1.54, 1.807) is 0 Å². The molecular formula is C63H104O5. The molecule has 0 aliphatic rings. The summed E-state index contributed by atoms with van der Waals surface area (Å²) in [5.41, 5.74) is 0. The number of hydrogen-bond acceptors (Lipinski definition) is 5. The number of carbonyl (C=O) groups is 2. The van der Waals surface area contributed by atoms with Crippen molar-refractivity contribution in [3.05, 3.63) is 122 Å². The summed E-state index contributed by atoms with van der Waals surface area (Å²) in [7, 11) is 0. The fourth-order valence-electron chi connectivity index (χ4n) is 7.34. The third kappa shape index (κ3) is 54.9. The van der Waals surface area contributed by atoms with Crippen LogP contribution in [0.25, 0.3) is 0 Å². The second-order valence-electron chi connectivity index (χ2n) is 18.1. The van der Waals surface area contributed by atoms with E-state index in [2.05, 4.69) is 142 Å². The fourth-order valence-corrected chi connectivity index (χ4v) is 7.34. The first-order valence-corrected chi connectivity index (χ1v) is 28.1. The predicted octanol–water partition coefficient (Wildman–Crippen LogP) is 19.3. The van der Waals surface area contributed by atoms with Crippen LogP contribution >= 0.6 is 0 Å². The number of allylic oxidation sites excluding steroid dienone is 20. The molecule has 0 aromatic heterocycles. The Balaban J connectivity index is 4.39. The van der Waals surface area contributed by atoms with E-state index < -0.39 is 6.10 Å². The number of ether oxygens (including phenoxy) is 3. The average molecular weight is 942 g/mol. The zero-order valence-corrected chi connectivity index (χ0v) is 44.3. The lowest BCUT2D eigenvalue weighted by Gasteiger charge is -2.18. The lowest BCUT2D eigenvalue weighted by molar-refractivity contribution is -0.163. The second-order valence-corrected chi connectivity index (χ2v) is 18.1. The Morgan fingerprint density at radius 3 is 1.06 bits per heavy atom. The summed E-state index contributed by atoms with van der Waals surface area (Å²) < 4.78 is 17.4. The Bertz CT molecular complexity index is 1390. The van der Waals surface area contributed by atoms with Crippen molar-refractivity contribution in [1.29, 1.82) is 0 Å². The Kier molecular flexibility index (Phi) is 54.5. The summed E-state index contributed by atoms with van der Waals surface area (Å²) in [4.78, 5) is 25.5. The first-order chi connectivity index (χ1) is 33.6. The van der Waals surface area contributed by atoms with E-state index in [0.29, 0.717) is 19.4 Å². The SMILES string of the molecule is CC/C=C\C/C=C\C/C=C\C/C=C\CCCCCCCCC(=O)OCC(COCCCCC/C=C\C/C=C\C/C=C\C/C=C\CC)OC(=O)CCCCCCCCC/C=C\C/C=C\CCCCC. The molecule has 0 heterocycles. The van der Waals surface area contributed by atoms with Gasteiger partial charge in [0.1, 0.15) is 6.61 Å². The first-order valence-electron chi connectivity index (χ1n) is 28.1. The molecule has 0 aromatic carbocycles. The van der Waals surface area contributed by atoms with Crippen LogP contribution in [-0.2, 0) is 23.8 Å². The molecule has 0 aromatic rings. The molecule has 0 amide bonds. The Morgan fingerprint density at radius 2 is 0.662 bits per heavy atom. The summed E-state index contributed by atoms with van der Waals surface area (Å²) in [5, 5.41) is 0. The average Bonchev–Trinajstić information content (AvgIpc) is 3.34. The molecule has 0 N–H and O–H groups in total. The smallest absolute Gasteiger partial charge is 0.306 e. The maximum atomic E-state index is 12.9. The van der Waals surface area contributed by atoms with Crippen LogP contribution in [0.2, 0.25) is 0 Å². The predicted molar refractivity (Wildman–Crippen MR) is 297 cm³/mol. The quantitative estimate of drug-likeness (QED) is 0.0345. The van der Waals surface area contributed by atoms with Gasteiger partial charge in [-0.05, 0) is 128 Å². The minimum Gasteiger partial charge on any atom is -0.462 e. The Morgan fingerprint density at radius 1 is 0.338 bits per heavy atom. The highest BCUT2D eigenvalue weighted by molar-refractivity contribution is 5.70. The van der Waals surface area contributed by atoms with Gasteiger partial charge in [0.05, 0.1) is 6.61 Å². The Hall–Kier alpha value is -3.70. The van der Waals surface area contributed by atoms with Crippen LogP contribution in [0.4, 0.5) is 0 Å². The third-order valence-electron chi connectivity index (χ3n) is 11.5. The van der Waals surface area contributed by atoms with Gasteiger partial charge in [-0.3, -0.25) is 9.59 Å². The monoisotopic (exact) mass is 941 g/mol. The van der Waals surface area contributed by atoms with Crippen molar-refractivity contribution in [3.63, 3.8) is 0 Å². The fraction of sp³-hybridized carbons (Fsp3) is 0.651. The van der Waals surface area contributed by atoms with Crippen LogP contribution in [0.1, 0.15) is 239 Å². The summed E-state index contributed by atoms with van der Waals surface area (Å²) >= 11 is 0. The van der Waals surface area contributed by atoms with Gasteiger partial charge in [0.15, 0.2) is 6.10 Å². The molecular weight excluding hydrogens is 837 g/mol. The maximum Gasteiger partial charge on any atom is 0.306 e. The standard InChI is InChI=1S/C63H104O5/c1-4-7-10-13-16-19-22-25-28-31-32-34-35-38-41-44-47-50-53-56-62(64)67-60-61(59-66-58-55-52-49-46-43-40-37-30-27-24-21-18-15-12-9-6-3)68-63(65)57-54-51-48-45-42-39-36-33-29-26-23-20-17-14-11-8-5-2/h7,9-10,12,16-21,25-30,32,34,40,43,61H,4-6,8,11,13-15,22-24,31,33,35-39,41-42,44-60H2,1-3H3/b10-7-,12-9-,19-16-,20-17-,21-18-,28-25-,29-26-,30-27-,34-32-,43-40-. The van der Waals surface area contributed by atoms with Crippen molar-refractivity contribution in [2.75, 3.05) is 19.8 Å². The summed E-state index contributed by atoms with van der Waals surface area (Å²) in [6.07, 6.45) is 80.7. The third-order valence-corrected chi connectivity index (χ3v) is 11.5. The van der Waals surface area contributed by atoms with E-state index in [9.17, 15) is 9.59 Å². The highest BCUT2D eigenvalue weighted by Crippen LogP contribution is 2.13. The minimum absolute atomic E-state index is 0.0542. The molecule has 0 bridgehead atoms. The van der Waals surface area contributed by atoms with E-state index in [1.165, 1.54) is 70.6 Å². The van der Waals surface area contributed by atoms with Crippen LogP contribution in [0.3, 0.4) is 0 Å². The molecule has 0 spiro atoms. The van der Waals surface area contributed by atoms with Crippen LogP contribution in [0.5, 0.6) is 0 Å². The van der Waals surface area contributed by atoms with Crippen molar-refractivity contribution >= 4 is 11.9 Å². The highest BCUT2D eigenvalue weighted by atomic mass is 16.6. The molecule has 1 unspecified atom stereocenters. The van der Waals surface area contributed by atoms with Gasteiger partial charge in [-0.15, -0.1) is 0 Å². The number of carbonyl (C=O) groups excluding carboxylic acids is 2. The number of esters is 2. The van der Waals surface area contributed by atoms with Crippen molar-refractivity contribution < 1.29 is 23.8 Å². The van der Waals surface area contributed by atoms with Crippen molar-refractivity contribution in [1.82, 2.24) is 0 Å². The zero-order chi connectivity index (χ0) is 49.2. The van der Waals surface area contributed by atoms with Crippen LogP contribution in [-0.4, -0.2) is 37.9 Å². The molecule has 0 aliphatic heterocycles. The van der Waals surface area contributed by atoms with Gasteiger partial charge in [0, 0.05) is 19.4 Å². The molecule has 0 radical (unpaired) electrons. The van der Waals surface area contributed by atoms with Crippen LogP contribution < -0.4 is 0 Å². The molecule has 0 aliphatic carbocycles. The highest BCUT2D eigenvalue weighted by Gasteiger charge is 2.17. The first kappa shape index (κ1) is 64.3. The summed E-state index contributed by atoms with van der Waals surface area (Å²) in [6.45, 7) is 7.48. The zero-order valence-electron chi connectivity index (χ0n) is 44.3. The van der Waals surface area contributed by atoms with E-state index in [4.69, 9.17) is 14.2 Å². The minimum atomic E-state index is -0.572. The van der Waals surface area contributed by atoms with E-state index >= 15 is 0 Å². The van der Waals surface area contributed by atoms with Gasteiger partial charge in [-0.25, -0.2) is 0 Å². The molecule has 5 heteroatoms. The normalized spacial score (nSPS) is 13.2. The second kappa shape index (κ2) is 57.6. The van der Waals surface area contributed by atoms with Gasteiger partial charge in [0.2, 0.25) is 0 Å². The number of unbranched alkanes of at least 4 members (excludes halogenated alkanes) is 19. The van der Waals surface area contributed by atoms with Gasteiger partial charge in [-0.2, -0.15) is 0 Å². The van der Waals surface area contributed by atoms with E-state index in [1.807, 2.05) is 0 Å². The summed E-state index contributed by atoms with van der Waals surface area (Å²) in [5.74, 6) is -0.445. The van der Waals surface area contributed by atoms with E-state index in [-0.39, 0.29) is 25.2 Å². The van der Waals surface area contributed by atoms with Crippen LogP contribution in [0, 0.1) is 0 Å². The molecule has 5 nitrogen and oxygen atoms in total. The van der Waals surface area contributed by atoms with Crippen molar-refractivity contribution in [2.24, 2.45) is 0 Å².